The van der Waals surface area contributed by atoms with Gasteiger partial charge in [-0.1, -0.05) is 22.9 Å². The summed E-state index contributed by atoms with van der Waals surface area (Å²) in [5.41, 5.74) is 5.47. The topological polar surface area (TPSA) is 9.23 Å². The van der Waals surface area contributed by atoms with E-state index in [9.17, 15) is 0 Å². The normalized spacial score (nSPS) is 12.6. The highest BCUT2D eigenvalue weighted by atomic mass is 79.9. The van der Waals surface area contributed by atoms with Crippen molar-refractivity contribution >= 4 is 15.9 Å². The molecule has 1 nitrogen and oxygen atoms in total. The van der Waals surface area contributed by atoms with E-state index in [0.717, 1.165) is 11.1 Å². The largest absolute Gasteiger partial charge is 0.496 e. The Balaban J connectivity index is 3.24. The first-order valence-corrected chi connectivity index (χ1v) is 6.85. The van der Waals surface area contributed by atoms with Crippen LogP contribution in [0.25, 0.3) is 0 Å². The van der Waals surface area contributed by atoms with Gasteiger partial charge in [0, 0.05) is 5.33 Å². The lowest BCUT2D eigenvalue weighted by molar-refractivity contribution is 0.410. The van der Waals surface area contributed by atoms with Crippen molar-refractivity contribution in [2.45, 2.75) is 40.0 Å². The minimum Gasteiger partial charge on any atom is -0.496 e. The molecular formula is C14H21BrO. The zero-order chi connectivity index (χ0) is 12.3. The summed E-state index contributed by atoms with van der Waals surface area (Å²) in [6.45, 7) is 8.81. The van der Waals surface area contributed by atoms with E-state index in [4.69, 9.17) is 4.74 Å². The number of ether oxygens (including phenoxy) is 1. The SMILES string of the molecule is COc1cc(C)c(C(C)CCBr)c(C)c1C. The second-order valence-corrected chi connectivity index (χ2v) is 5.23. The Morgan fingerprint density at radius 3 is 2.38 bits per heavy atom. The Labute approximate surface area is 107 Å². The number of methoxy groups -OCH3 is 1. The van der Waals surface area contributed by atoms with Crippen LogP contribution >= 0.6 is 15.9 Å². The molecule has 1 rings (SSSR count). The third-order valence-corrected chi connectivity index (χ3v) is 3.82. The average Bonchev–Trinajstić information content (AvgIpc) is 2.24. The highest BCUT2D eigenvalue weighted by molar-refractivity contribution is 9.09. The van der Waals surface area contributed by atoms with Gasteiger partial charge in [0.1, 0.15) is 5.75 Å². The van der Waals surface area contributed by atoms with Crippen molar-refractivity contribution in [2.75, 3.05) is 12.4 Å². The van der Waals surface area contributed by atoms with E-state index in [-0.39, 0.29) is 0 Å². The van der Waals surface area contributed by atoms with Gasteiger partial charge in [-0.05, 0) is 61.4 Å². The average molecular weight is 285 g/mol. The molecule has 0 fully saturated rings. The van der Waals surface area contributed by atoms with Crippen molar-refractivity contribution in [3.05, 3.63) is 28.3 Å². The van der Waals surface area contributed by atoms with Crippen molar-refractivity contribution in [2.24, 2.45) is 0 Å². The molecule has 16 heavy (non-hydrogen) atoms. The van der Waals surface area contributed by atoms with Crippen molar-refractivity contribution in [3.63, 3.8) is 0 Å². The van der Waals surface area contributed by atoms with Crippen LogP contribution in [0.15, 0.2) is 6.07 Å². The van der Waals surface area contributed by atoms with Gasteiger partial charge in [-0.2, -0.15) is 0 Å². The van der Waals surface area contributed by atoms with Crippen LogP contribution in [-0.4, -0.2) is 12.4 Å². The molecule has 0 amide bonds. The lowest BCUT2D eigenvalue weighted by Crippen LogP contribution is -2.04. The van der Waals surface area contributed by atoms with Crippen LogP contribution in [0.2, 0.25) is 0 Å². The Bertz CT molecular complexity index is 371. The van der Waals surface area contributed by atoms with Crippen molar-refractivity contribution in [1.82, 2.24) is 0 Å². The first-order chi connectivity index (χ1) is 7.52. The van der Waals surface area contributed by atoms with Crippen LogP contribution in [0, 0.1) is 20.8 Å². The summed E-state index contributed by atoms with van der Waals surface area (Å²) in [6, 6.07) is 2.16. The van der Waals surface area contributed by atoms with E-state index in [1.54, 1.807) is 7.11 Å². The second-order valence-electron chi connectivity index (χ2n) is 4.44. The molecule has 1 aromatic rings. The fourth-order valence-corrected chi connectivity index (χ4v) is 3.03. The van der Waals surface area contributed by atoms with E-state index in [0.29, 0.717) is 5.92 Å². The molecule has 2 heteroatoms. The standard InChI is InChI=1S/C14H21BrO/c1-9(6-7-15)14-10(2)8-13(16-5)11(3)12(14)4/h8-9H,6-7H2,1-5H3. The van der Waals surface area contributed by atoms with Crippen LogP contribution in [0.3, 0.4) is 0 Å². The smallest absolute Gasteiger partial charge is 0.122 e. The molecule has 0 saturated carbocycles. The molecule has 0 aliphatic carbocycles. The molecule has 1 unspecified atom stereocenters. The van der Waals surface area contributed by atoms with Gasteiger partial charge in [-0.3, -0.25) is 0 Å². The summed E-state index contributed by atoms with van der Waals surface area (Å²) in [6.07, 6.45) is 1.17. The lowest BCUT2D eigenvalue weighted by atomic mass is 9.87. The van der Waals surface area contributed by atoms with E-state index in [1.807, 2.05) is 0 Å². The molecule has 0 aromatic heterocycles. The number of rotatable bonds is 4. The molecule has 1 atom stereocenters. The summed E-state index contributed by atoms with van der Waals surface area (Å²) in [5.74, 6) is 1.61. The Hall–Kier alpha value is -0.500. The summed E-state index contributed by atoms with van der Waals surface area (Å²) in [7, 11) is 1.74. The molecule has 0 heterocycles. The summed E-state index contributed by atoms with van der Waals surface area (Å²) >= 11 is 3.52. The van der Waals surface area contributed by atoms with Crippen molar-refractivity contribution < 1.29 is 4.74 Å². The molecule has 0 bridgehead atoms. The van der Waals surface area contributed by atoms with Gasteiger partial charge in [0.05, 0.1) is 7.11 Å². The molecule has 0 saturated heterocycles. The Morgan fingerprint density at radius 2 is 1.88 bits per heavy atom. The zero-order valence-electron chi connectivity index (χ0n) is 10.9. The zero-order valence-corrected chi connectivity index (χ0v) is 12.4. The second kappa shape index (κ2) is 5.72. The number of benzene rings is 1. The van der Waals surface area contributed by atoms with E-state index in [1.165, 1.54) is 28.7 Å². The van der Waals surface area contributed by atoms with Gasteiger partial charge in [-0.15, -0.1) is 0 Å². The van der Waals surface area contributed by atoms with E-state index in [2.05, 4.69) is 49.7 Å². The number of aryl methyl sites for hydroxylation is 1. The van der Waals surface area contributed by atoms with Gasteiger partial charge in [0.2, 0.25) is 0 Å². The first kappa shape index (κ1) is 13.6. The number of hydrogen-bond donors (Lipinski definition) is 0. The minimum absolute atomic E-state index is 0.601. The third kappa shape index (κ3) is 2.60. The maximum absolute atomic E-state index is 5.39. The lowest BCUT2D eigenvalue weighted by Gasteiger charge is -2.20. The molecule has 0 aliphatic heterocycles. The fourth-order valence-electron chi connectivity index (χ4n) is 2.34. The molecule has 0 spiro atoms. The first-order valence-electron chi connectivity index (χ1n) is 5.73. The van der Waals surface area contributed by atoms with Crippen LogP contribution < -0.4 is 4.74 Å². The Morgan fingerprint density at radius 1 is 1.25 bits per heavy atom. The van der Waals surface area contributed by atoms with Crippen molar-refractivity contribution in [3.8, 4) is 5.75 Å². The quantitative estimate of drug-likeness (QED) is 0.740. The number of hydrogen-bond acceptors (Lipinski definition) is 1. The monoisotopic (exact) mass is 284 g/mol. The van der Waals surface area contributed by atoms with E-state index < -0.39 is 0 Å². The summed E-state index contributed by atoms with van der Waals surface area (Å²) < 4.78 is 5.39. The summed E-state index contributed by atoms with van der Waals surface area (Å²) in [4.78, 5) is 0. The van der Waals surface area contributed by atoms with Crippen LogP contribution in [0.1, 0.15) is 41.5 Å². The highest BCUT2D eigenvalue weighted by Gasteiger charge is 2.15. The molecular weight excluding hydrogens is 264 g/mol. The van der Waals surface area contributed by atoms with Gasteiger partial charge in [-0.25, -0.2) is 0 Å². The Kier molecular flexibility index (Phi) is 4.85. The van der Waals surface area contributed by atoms with Crippen LogP contribution in [0.4, 0.5) is 0 Å². The maximum atomic E-state index is 5.39. The van der Waals surface area contributed by atoms with Gasteiger partial charge in [0.25, 0.3) is 0 Å². The minimum atomic E-state index is 0.601. The predicted molar refractivity (Wildman–Crippen MR) is 74.0 cm³/mol. The molecule has 90 valence electrons. The van der Waals surface area contributed by atoms with Crippen molar-refractivity contribution in [1.29, 1.82) is 0 Å². The maximum Gasteiger partial charge on any atom is 0.122 e. The molecule has 1 aromatic carbocycles. The summed E-state index contributed by atoms with van der Waals surface area (Å²) in [5, 5.41) is 1.05. The predicted octanol–water partition coefficient (Wildman–Crippen LogP) is 4.51. The van der Waals surface area contributed by atoms with E-state index >= 15 is 0 Å². The molecule has 0 radical (unpaired) electrons. The fraction of sp³-hybridized carbons (Fsp3) is 0.571. The third-order valence-electron chi connectivity index (χ3n) is 3.36. The van der Waals surface area contributed by atoms with Gasteiger partial charge in [0.15, 0.2) is 0 Å². The molecule has 0 aliphatic rings. The van der Waals surface area contributed by atoms with Gasteiger partial charge >= 0.3 is 0 Å². The van der Waals surface area contributed by atoms with Crippen LogP contribution in [-0.2, 0) is 0 Å². The number of halogens is 1. The highest BCUT2D eigenvalue weighted by Crippen LogP contribution is 2.33. The van der Waals surface area contributed by atoms with Crippen LogP contribution in [0.5, 0.6) is 5.75 Å². The van der Waals surface area contributed by atoms with Gasteiger partial charge < -0.3 is 4.74 Å². The number of alkyl halides is 1. The molecule has 0 N–H and O–H groups in total.